The highest BCUT2D eigenvalue weighted by Crippen LogP contribution is 2.18. The Kier molecular flexibility index (Phi) is 7.54. The van der Waals surface area contributed by atoms with Crippen LogP contribution in [0.5, 0.6) is 0 Å². The van der Waals surface area contributed by atoms with Crippen LogP contribution in [0.1, 0.15) is 33.6 Å². The highest BCUT2D eigenvalue weighted by Gasteiger charge is 2.32. The van der Waals surface area contributed by atoms with E-state index in [1.807, 2.05) is 4.90 Å². The van der Waals surface area contributed by atoms with Gasteiger partial charge >= 0.3 is 0 Å². The summed E-state index contributed by atoms with van der Waals surface area (Å²) in [6.07, 6.45) is 1.64. The molecule has 3 fully saturated rings. The molecular weight excluding hydrogens is 358 g/mol. The molecule has 28 heavy (non-hydrogen) atoms. The number of piperazine rings is 1. The largest absolute Gasteiger partial charge is 0.378 e. The van der Waals surface area contributed by atoms with Crippen molar-refractivity contribution < 1.29 is 14.3 Å². The van der Waals surface area contributed by atoms with E-state index >= 15 is 0 Å². The average Bonchev–Trinajstić information content (AvgIpc) is 3.23. The van der Waals surface area contributed by atoms with Crippen molar-refractivity contribution in [3.8, 4) is 0 Å². The Morgan fingerprint density at radius 3 is 2.54 bits per heavy atom. The summed E-state index contributed by atoms with van der Waals surface area (Å²) in [5.41, 5.74) is 0.0699. The Bertz CT molecular complexity index is 540. The second-order valence-corrected chi connectivity index (χ2v) is 8.40. The molecule has 3 aliphatic heterocycles. The van der Waals surface area contributed by atoms with Crippen molar-refractivity contribution in [2.24, 2.45) is 4.99 Å². The van der Waals surface area contributed by atoms with Gasteiger partial charge in [0.05, 0.1) is 19.8 Å². The van der Waals surface area contributed by atoms with E-state index in [1.54, 1.807) is 0 Å². The van der Waals surface area contributed by atoms with Gasteiger partial charge in [-0.05, 0) is 33.6 Å². The lowest BCUT2D eigenvalue weighted by molar-refractivity contribution is -0.142. The molecule has 160 valence electrons. The van der Waals surface area contributed by atoms with E-state index in [0.717, 1.165) is 84.4 Å². The SMILES string of the molecule is CCNC(=NCCN1CCOCC1(C)C)N1CCN(C(=O)C2CCCO2)CC1. The summed E-state index contributed by atoms with van der Waals surface area (Å²) in [6.45, 7) is 15.4. The molecule has 0 aromatic heterocycles. The van der Waals surface area contributed by atoms with Gasteiger partial charge in [-0.3, -0.25) is 14.7 Å². The van der Waals surface area contributed by atoms with Crippen molar-refractivity contribution in [3.63, 3.8) is 0 Å². The Labute approximate surface area is 169 Å². The van der Waals surface area contributed by atoms with Gasteiger partial charge in [0.25, 0.3) is 5.91 Å². The van der Waals surface area contributed by atoms with Gasteiger partial charge in [-0.25, -0.2) is 0 Å². The van der Waals surface area contributed by atoms with Gasteiger partial charge in [0.15, 0.2) is 5.96 Å². The number of aliphatic imine (C=N–C) groups is 1. The molecule has 0 radical (unpaired) electrons. The van der Waals surface area contributed by atoms with Crippen LogP contribution in [0.2, 0.25) is 0 Å². The molecule has 1 atom stereocenters. The standard InChI is InChI=1S/C20H37N5O3/c1-4-21-19(22-7-8-25-13-15-27-16-20(25,2)3)24-11-9-23(10-12-24)18(26)17-6-5-14-28-17/h17H,4-16H2,1-3H3,(H,21,22). The van der Waals surface area contributed by atoms with E-state index in [1.165, 1.54) is 0 Å². The van der Waals surface area contributed by atoms with Crippen LogP contribution in [0, 0.1) is 0 Å². The predicted octanol–water partition coefficient (Wildman–Crippen LogP) is 0.386. The fraction of sp³-hybridized carbons (Fsp3) is 0.900. The Hall–Kier alpha value is -1.38. The van der Waals surface area contributed by atoms with Crippen molar-refractivity contribution in [1.29, 1.82) is 0 Å². The van der Waals surface area contributed by atoms with E-state index in [-0.39, 0.29) is 17.6 Å². The van der Waals surface area contributed by atoms with Gasteiger partial charge in [0, 0.05) is 58.0 Å². The molecule has 3 heterocycles. The predicted molar refractivity (Wildman–Crippen MR) is 110 cm³/mol. The van der Waals surface area contributed by atoms with Gasteiger partial charge in [-0.2, -0.15) is 0 Å². The summed E-state index contributed by atoms with van der Waals surface area (Å²) >= 11 is 0. The minimum atomic E-state index is -0.217. The number of guanidine groups is 1. The normalized spacial score (nSPS) is 26.5. The van der Waals surface area contributed by atoms with Crippen LogP contribution in [0.3, 0.4) is 0 Å². The second kappa shape index (κ2) is 9.89. The van der Waals surface area contributed by atoms with Crippen LogP contribution < -0.4 is 5.32 Å². The number of carbonyl (C=O) groups excluding carboxylic acids is 1. The molecule has 1 amide bonds. The molecule has 3 saturated heterocycles. The maximum atomic E-state index is 12.5. The average molecular weight is 396 g/mol. The van der Waals surface area contributed by atoms with E-state index in [9.17, 15) is 4.79 Å². The Morgan fingerprint density at radius 2 is 1.89 bits per heavy atom. The van der Waals surface area contributed by atoms with Crippen molar-refractivity contribution in [1.82, 2.24) is 20.0 Å². The zero-order valence-corrected chi connectivity index (χ0v) is 17.8. The fourth-order valence-electron chi connectivity index (χ4n) is 4.12. The van der Waals surface area contributed by atoms with Crippen LogP contribution in [0.4, 0.5) is 0 Å². The molecular formula is C20H37N5O3. The smallest absolute Gasteiger partial charge is 0.251 e. The zero-order valence-electron chi connectivity index (χ0n) is 17.8. The Balaban J connectivity index is 1.49. The number of rotatable bonds is 5. The first-order valence-corrected chi connectivity index (χ1v) is 10.8. The molecule has 0 aromatic carbocycles. The van der Waals surface area contributed by atoms with Crippen LogP contribution in [0.25, 0.3) is 0 Å². The number of nitrogens with zero attached hydrogens (tertiary/aromatic N) is 4. The number of hydrogen-bond donors (Lipinski definition) is 1. The Morgan fingerprint density at radius 1 is 1.14 bits per heavy atom. The summed E-state index contributed by atoms with van der Waals surface area (Å²) in [5.74, 6) is 1.12. The number of ether oxygens (including phenoxy) is 2. The molecule has 8 heteroatoms. The quantitative estimate of drug-likeness (QED) is 0.536. The van der Waals surface area contributed by atoms with Crippen LogP contribution in [0.15, 0.2) is 4.99 Å². The van der Waals surface area contributed by atoms with E-state index in [2.05, 4.69) is 35.9 Å². The molecule has 0 bridgehead atoms. The molecule has 0 aliphatic carbocycles. The lowest BCUT2D eigenvalue weighted by Crippen LogP contribution is -2.55. The van der Waals surface area contributed by atoms with Gasteiger partial charge in [0.1, 0.15) is 6.10 Å². The first-order chi connectivity index (χ1) is 13.5. The van der Waals surface area contributed by atoms with Gasteiger partial charge in [-0.15, -0.1) is 0 Å². The van der Waals surface area contributed by atoms with E-state index < -0.39 is 0 Å². The van der Waals surface area contributed by atoms with Crippen LogP contribution >= 0.6 is 0 Å². The third-order valence-electron chi connectivity index (χ3n) is 5.88. The minimum absolute atomic E-state index is 0.0699. The second-order valence-electron chi connectivity index (χ2n) is 8.40. The summed E-state index contributed by atoms with van der Waals surface area (Å²) in [4.78, 5) is 24.1. The molecule has 0 aromatic rings. The molecule has 1 unspecified atom stereocenters. The van der Waals surface area contributed by atoms with Crippen LogP contribution in [-0.2, 0) is 14.3 Å². The van der Waals surface area contributed by atoms with Gasteiger partial charge < -0.3 is 24.6 Å². The van der Waals surface area contributed by atoms with Crippen LogP contribution in [-0.4, -0.2) is 110 Å². The van der Waals surface area contributed by atoms with Crippen molar-refractivity contribution in [2.75, 3.05) is 72.2 Å². The summed E-state index contributed by atoms with van der Waals surface area (Å²) in [6, 6.07) is 0. The first-order valence-electron chi connectivity index (χ1n) is 10.8. The molecule has 3 rings (SSSR count). The van der Waals surface area contributed by atoms with Crippen molar-refractivity contribution in [3.05, 3.63) is 0 Å². The molecule has 0 saturated carbocycles. The third kappa shape index (κ3) is 5.36. The summed E-state index contributed by atoms with van der Waals surface area (Å²) in [7, 11) is 0. The van der Waals surface area contributed by atoms with E-state index in [4.69, 9.17) is 14.5 Å². The molecule has 3 aliphatic rings. The zero-order chi connectivity index (χ0) is 20.0. The molecule has 8 nitrogen and oxygen atoms in total. The lowest BCUT2D eigenvalue weighted by Gasteiger charge is -2.42. The topological polar surface area (TPSA) is 69.6 Å². The minimum Gasteiger partial charge on any atom is -0.378 e. The maximum Gasteiger partial charge on any atom is 0.251 e. The third-order valence-corrected chi connectivity index (χ3v) is 5.88. The number of carbonyl (C=O) groups is 1. The summed E-state index contributed by atoms with van der Waals surface area (Å²) in [5, 5.41) is 3.41. The number of nitrogens with one attached hydrogen (secondary N) is 1. The lowest BCUT2D eigenvalue weighted by atomic mass is 10.0. The summed E-state index contributed by atoms with van der Waals surface area (Å²) < 4.78 is 11.2. The van der Waals surface area contributed by atoms with Crippen molar-refractivity contribution >= 4 is 11.9 Å². The van der Waals surface area contributed by atoms with E-state index in [0.29, 0.717) is 6.61 Å². The highest BCUT2D eigenvalue weighted by atomic mass is 16.5. The number of morpholine rings is 1. The fourth-order valence-corrected chi connectivity index (χ4v) is 4.12. The van der Waals surface area contributed by atoms with Gasteiger partial charge in [-0.1, -0.05) is 0 Å². The van der Waals surface area contributed by atoms with Crippen molar-refractivity contribution in [2.45, 2.75) is 45.3 Å². The molecule has 1 N–H and O–H groups in total. The number of hydrogen-bond acceptors (Lipinski definition) is 5. The maximum absolute atomic E-state index is 12.5. The number of amides is 1. The molecule has 0 spiro atoms. The highest BCUT2D eigenvalue weighted by molar-refractivity contribution is 5.82. The monoisotopic (exact) mass is 395 g/mol. The first kappa shape index (κ1) is 21.3. The van der Waals surface area contributed by atoms with Gasteiger partial charge in [0.2, 0.25) is 0 Å².